The van der Waals surface area contributed by atoms with E-state index in [9.17, 15) is 9.59 Å². The molecule has 0 bridgehead atoms. The fraction of sp³-hybridized carbons (Fsp3) is 0.267. The average Bonchev–Trinajstić information content (AvgIpc) is 2.93. The molecular weight excluding hydrogens is 400 g/mol. The third-order valence-corrected chi connectivity index (χ3v) is 5.92. The summed E-state index contributed by atoms with van der Waals surface area (Å²) < 4.78 is 0.573. The maximum atomic E-state index is 12.3. The van der Waals surface area contributed by atoms with Gasteiger partial charge in [0.05, 0.1) is 5.25 Å². The van der Waals surface area contributed by atoms with Gasteiger partial charge in [-0.1, -0.05) is 47.3 Å². The molecule has 2 N–H and O–H groups in total. The Labute approximate surface area is 163 Å². The van der Waals surface area contributed by atoms with Gasteiger partial charge in [0.25, 0.3) is 0 Å². The van der Waals surface area contributed by atoms with Crippen LogP contribution >= 0.6 is 47.3 Å². The molecular formula is C15H13ClN4O2S3. The van der Waals surface area contributed by atoms with Crippen molar-refractivity contribution >= 4 is 74.4 Å². The Bertz CT molecular complexity index is 779. The predicted octanol–water partition coefficient (Wildman–Crippen LogP) is 2.83. The van der Waals surface area contributed by atoms with E-state index in [1.165, 1.54) is 23.5 Å². The summed E-state index contributed by atoms with van der Waals surface area (Å²) in [6.45, 7) is 0. The highest BCUT2D eigenvalue weighted by Gasteiger charge is 2.32. The van der Waals surface area contributed by atoms with Crippen LogP contribution in [0, 0.1) is 0 Å². The van der Waals surface area contributed by atoms with Gasteiger partial charge in [-0.05, 0) is 24.3 Å². The van der Waals surface area contributed by atoms with Crippen LogP contribution in [0.15, 0.2) is 34.4 Å². The van der Waals surface area contributed by atoms with Crippen LogP contribution in [0.1, 0.15) is 23.2 Å². The second-order valence-corrected chi connectivity index (χ2v) is 8.54. The Morgan fingerprint density at radius 1 is 1.44 bits per heavy atom. The molecule has 3 rings (SSSR count). The number of hydrogen-bond donors (Lipinski definition) is 2. The molecule has 1 aromatic carbocycles. The molecule has 0 saturated carbocycles. The smallest absolute Gasteiger partial charge is 0.240 e. The molecule has 130 valence electrons. The first-order valence-corrected chi connectivity index (χ1v) is 10.0. The van der Waals surface area contributed by atoms with Crippen LogP contribution in [0.25, 0.3) is 0 Å². The summed E-state index contributed by atoms with van der Waals surface area (Å²) in [5.74, 6) is 1.18. The number of ketones is 1. The van der Waals surface area contributed by atoms with Gasteiger partial charge in [0, 0.05) is 29.2 Å². The first kappa shape index (κ1) is 18.4. The number of amidine groups is 2. The van der Waals surface area contributed by atoms with E-state index in [4.69, 9.17) is 23.8 Å². The zero-order chi connectivity index (χ0) is 17.8. The lowest BCUT2D eigenvalue weighted by Gasteiger charge is -2.10. The Balaban J connectivity index is 1.58. The Morgan fingerprint density at radius 3 is 2.92 bits per heavy atom. The van der Waals surface area contributed by atoms with Gasteiger partial charge >= 0.3 is 0 Å². The van der Waals surface area contributed by atoms with Crippen LogP contribution in [-0.2, 0) is 4.79 Å². The van der Waals surface area contributed by atoms with Gasteiger partial charge in [-0.2, -0.15) is 0 Å². The number of carbonyl (C=O) groups is 2. The molecule has 2 aliphatic rings. The zero-order valence-corrected chi connectivity index (χ0v) is 16.0. The topological polar surface area (TPSA) is 82.9 Å². The molecule has 1 unspecified atom stereocenters. The van der Waals surface area contributed by atoms with Crippen molar-refractivity contribution in [3.63, 3.8) is 0 Å². The molecule has 6 nitrogen and oxygen atoms in total. The number of nitrogens with zero attached hydrogens (tertiary/aromatic N) is 2. The number of thiocarbonyl (C=S) groups is 1. The van der Waals surface area contributed by atoms with Crippen molar-refractivity contribution in [1.82, 2.24) is 10.7 Å². The number of rotatable bonds is 4. The number of nitrogens with one attached hydrogen (secondary N) is 2. The molecule has 2 aliphatic heterocycles. The van der Waals surface area contributed by atoms with Crippen LogP contribution in [-0.4, -0.2) is 38.0 Å². The van der Waals surface area contributed by atoms with E-state index in [0.717, 1.165) is 12.2 Å². The highest BCUT2D eigenvalue weighted by atomic mass is 35.5. The minimum Gasteiger partial charge on any atom is -0.303 e. The Morgan fingerprint density at radius 2 is 2.20 bits per heavy atom. The number of amides is 1. The molecule has 2 heterocycles. The number of Topliss-reactive ketones (excluding diaryl/α,β-unsaturated/α-hetero) is 1. The summed E-state index contributed by atoms with van der Waals surface area (Å²) in [4.78, 5) is 28.5. The van der Waals surface area contributed by atoms with Crippen molar-refractivity contribution in [3.05, 3.63) is 34.9 Å². The lowest BCUT2D eigenvalue weighted by atomic mass is 10.1. The molecule has 0 radical (unpaired) electrons. The average molecular weight is 413 g/mol. The summed E-state index contributed by atoms with van der Waals surface area (Å²) in [5, 5.41) is 7.29. The minimum atomic E-state index is -0.506. The van der Waals surface area contributed by atoms with Crippen molar-refractivity contribution in [1.29, 1.82) is 0 Å². The van der Waals surface area contributed by atoms with E-state index in [0.29, 0.717) is 25.9 Å². The number of benzene rings is 1. The number of aliphatic imine (C=N–C) groups is 1. The highest BCUT2D eigenvalue weighted by Crippen LogP contribution is 2.24. The summed E-state index contributed by atoms with van der Waals surface area (Å²) in [6.07, 6.45) is 0.831. The lowest BCUT2D eigenvalue weighted by Crippen LogP contribution is -2.29. The highest BCUT2D eigenvalue weighted by molar-refractivity contribution is 8.23. The lowest BCUT2D eigenvalue weighted by molar-refractivity contribution is -0.118. The molecule has 1 saturated heterocycles. The van der Waals surface area contributed by atoms with Crippen LogP contribution in [0.2, 0.25) is 5.02 Å². The molecule has 1 amide bonds. The number of hydrogen-bond acceptors (Lipinski definition) is 7. The van der Waals surface area contributed by atoms with E-state index < -0.39 is 5.25 Å². The van der Waals surface area contributed by atoms with Crippen LogP contribution in [0.4, 0.5) is 0 Å². The molecule has 1 atom stereocenters. The molecule has 1 aromatic rings. The molecule has 10 heteroatoms. The van der Waals surface area contributed by atoms with Crippen molar-refractivity contribution in [2.45, 2.75) is 18.1 Å². The fourth-order valence-electron chi connectivity index (χ4n) is 2.14. The van der Waals surface area contributed by atoms with Gasteiger partial charge in [0.1, 0.15) is 5.84 Å². The largest absolute Gasteiger partial charge is 0.303 e. The standard InChI is InChI=1S/C15H13ClN4O2S3/c16-9-3-1-8(2-4-9)10(21)7-11-13(22)18-14(25-11)20-19-12-5-6-24-15(23)17-12/h1-4,11H,5-7H2,(H,17,19,23)(H,18,20,22). The summed E-state index contributed by atoms with van der Waals surface area (Å²) in [7, 11) is 0. The Kier molecular flexibility index (Phi) is 6.10. The summed E-state index contributed by atoms with van der Waals surface area (Å²) in [5.41, 5.74) is 3.36. The van der Waals surface area contributed by atoms with Crippen LogP contribution < -0.4 is 10.7 Å². The quantitative estimate of drug-likeness (QED) is 0.449. The van der Waals surface area contributed by atoms with Gasteiger partial charge in [0.15, 0.2) is 15.3 Å². The second-order valence-electron chi connectivity index (χ2n) is 5.18. The number of carbonyl (C=O) groups excluding carboxylic acids is 2. The van der Waals surface area contributed by atoms with Crippen molar-refractivity contribution < 1.29 is 9.59 Å². The maximum absolute atomic E-state index is 12.3. The molecule has 25 heavy (non-hydrogen) atoms. The van der Waals surface area contributed by atoms with Crippen molar-refractivity contribution in [2.24, 2.45) is 10.1 Å². The van der Waals surface area contributed by atoms with E-state index in [-0.39, 0.29) is 18.1 Å². The van der Waals surface area contributed by atoms with Crippen molar-refractivity contribution in [2.75, 3.05) is 5.75 Å². The third kappa shape index (κ3) is 5.04. The normalized spacial score (nSPS) is 21.9. The molecule has 1 fully saturated rings. The van der Waals surface area contributed by atoms with Gasteiger partial charge in [-0.15, -0.1) is 5.10 Å². The van der Waals surface area contributed by atoms with Gasteiger partial charge in [0.2, 0.25) is 5.91 Å². The monoisotopic (exact) mass is 412 g/mol. The first-order chi connectivity index (χ1) is 12.0. The molecule has 0 aromatic heterocycles. The number of halogens is 1. The molecule has 0 spiro atoms. The van der Waals surface area contributed by atoms with Crippen LogP contribution in [0.3, 0.4) is 0 Å². The van der Waals surface area contributed by atoms with Gasteiger partial charge in [-0.25, -0.2) is 4.99 Å². The van der Waals surface area contributed by atoms with E-state index in [1.54, 1.807) is 24.3 Å². The van der Waals surface area contributed by atoms with Crippen molar-refractivity contribution in [3.8, 4) is 0 Å². The molecule has 0 aliphatic carbocycles. The predicted molar refractivity (Wildman–Crippen MR) is 108 cm³/mol. The Hall–Kier alpha value is -1.42. The summed E-state index contributed by atoms with van der Waals surface area (Å²) >= 11 is 13.6. The summed E-state index contributed by atoms with van der Waals surface area (Å²) in [6, 6.07) is 6.61. The zero-order valence-electron chi connectivity index (χ0n) is 12.8. The fourth-order valence-corrected chi connectivity index (χ4v) is 4.20. The first-order valence-electron chi connectivity index (χ1n) is 7.35. The van der Waals surface area contributed by atoms with Crippen LogP contribution in [0.5, 0.6) is 0 Å². The van der Waals surface area contributed by atoms with Gasteiger partial charge < -0.3 is 5.32 Å². The number of hydrazone groups is 1. The SMILES string of the molecule is O=C(CC1S/C(=N/NC2=NC(=S)SCC2)NC1=O)c1ccc(Cl)cc1. The second kappa shape index (κ2) is 8.31. The number of thioether (sulfide) groups is 2. The van der Waals surface area contributed by atoms with Gasteiger partial charge in [-0.3, -0.25) is 15.0 Å². The van der Waals surface area contributed by atoms with E-state index in [1.807, 2.05) is 0 Å². The minimum absolute atomic E-state index is 0.0961. The van der Waals surface area contributed by atoms with E-state index >= 15 is 0 Å². The maximum Gasteiger partial charge on any atom is 0.240 e. The third-order valence-electron chi connectivity index (χ3n) is 3.39. The van der Waals surface area contributed by atoms with E-state index in [2.05, 4.69) is 20.8 Å².